The third kappa shape index (κ3) is 2.95. The zero-order valence-corrected chi connectivity index (χ0v) is 12.6. The van der Waals surface area contributed by atoms with E-state index < -0.39 is 0 Å². The zero-order chi connectivity index (χ0) is 15.5. The van der Waals surface area contributed by atoms with E-state index in [1.807, 2.05) is 0 Å². The number of rotatable bonds is 5. The lowest BCUT2D eigenvalue weighted by atomic mass is 10.1. The quantitative estimate of drug-likeness (QED) is 0.480. The van der Waals surface area contributed by atoms with Crippen LogP contribution in [0.3, 0.4) is 0 Å². The minimum Gasteiger partial charge on any atom is -0.356 e. The van der Waals surface area contributed by atoms with Crippen LogP contribution in [0.25, 0.3) is 0 Å². The molecule has 0 aromatic heterocycles. The number of carbonyl (C=O) groups is 2. The number of carbonyl (C=O) groups excluding carboxylic acids is 2. The zero-order valence-electron chi connectivity index (χ0n) is 12.6. The van der Waals surface area contributed by atoms with Crippen molar-refractivity contribution in [3.8, 4) is 0 Å². The van der Waals surface area contributed by atoms with Crippen LogP contribution in [0.2, 0.25) is 0 Å². The van der Waals surface area contributed by atoms with E-state index in [1.165, 1.54) is 17.7 Å². The smallest absolute Gasteiger partial charge is 0.261 e. The first-order valence-electron chi connectivity index (χ1n) is 7.60. The van der Waals surface area contributed by atoms with Crippen molar-refractivity contribution < 1.29 is 9.59 Å². The molecular weight excluding hydrogens is 280 g/mol. The van der Waals surface area contributed by atoms with Crippen LogP contribution in [0, 0.1) is 5.92 Å². The fraction of sp³-hybridized carbons (Fsp3) is 0.438. The number of hydrogen-bond acceptors (Lipinski definition) is 3. The third-order valence-electron chi connectivity index (χ3n) is 3.98. The van der Waals surface area contributed by atoms with Gasteiger partial charge in [-0.1, -0.05) is 12.1 Å². The van der Waals surface area contributed by atoms with E-state index in [0.29, 0.717) is 30.2 Å². The monoisotopic (exact) mass is 300 g/mol. The molecule has 0 unspecified atom stereocenters. The molecule has 0 atom stereocenters. The first-order chi connectivity index (χ1) is 10.7. The summed E-state index contributed by atoms with van der Waals surface area (Å²) in [5, 5.41) is 6.39. The molecule has 22 heavy (non-hydrogen) atoms. The second-order valence-corrected chi connectivity index (χ2v) is 5.63. The van der Waals surface area contributed by atoms with Gasteiger partial charge in [-0.25, -0.2) is 0 Å². The van der Waals surface area contributed by atoms with Gasteiger partial charge in [-0.3, -0.25) is 19.5 Å². The Bertz CT molecular complexity index is 587. The lowest BCUT2D eigenvalue weighted by Gasteiger charge is -2.16. The standard InChI is InChI=1S/C16H20N4O2/c1-17-16(19-10-11-6-7-11)18-8-9-20-14(21)12-4-2-3-5-13(12)15(20)22/h2-5,11H,6-10H2,1H3,(H2,17,18,19). The summed E-state index contributed by atoms with van der Waals surface area (Å²) in [4.78, 5) is 29.8. The fourth-order valence-corrected chi connectivity index (χ4v) is 2.51. The molecule has 116 valence electrons. The molecule has 6 heteroatoms. The van der Waals surface area contributed by atoms with Crippen molar-refractivity contribution in [2.45, 2.75) is 12.8 Å². The van der Waals surface area contributed by atoms with Crippen molar-refractivity contribution in [3.05, 3.63) is 35.4 Å². The molecule has 0 radical (unpaired) electrons. The molecule has 1 fully saturated rings. The average Bonchev–Trinajstić information content (AvgIpc) is 3.34. The number of hydrogen-bond donors (Lipinski definition) is 2. The molecule has 2 amide bonds. The molecule has 3 rings (SSSR count). The molecule has 1 saturated carbocycles. The van der Waals surface area contributed by atoms with Gasteiger partial charge in [0.1, 0.15) is 0 Å². The van der Waals surface area contributed by atoms with Crippen LogP contribution in [0.5, 0.6) is 0 Å². The van der Waals surface area contributed by atoms with Gasteiger partial charge < -0.3 is 10.6 Å². The molecule has 2 aliphatic rings. The number of amides is 2. The van der Waals surface area contributed by atoms with E-state index in [9.17, 15) is 9.59 Å². The molecule has 6 nitrogen and oxygen atoms in total. The van der Waals surface area contributed by atoms with Crippen molar-refractivity contribution in [1.29, 1.82) is 0 Å². The molecule has 0 saturated heterocycles. The molecule has 1 aromatic rings. The minimum atomic E-state index is -0.219. The topological polar surface area (TPSA) is 73.8 Å². The number of nitrogens with zero attached hydrogens (tertiary/aromatic N) is 2. The van der Waals surface area contributed by atoms with Crippen molar-refractivity contribution in [2.75, 3.05) is 26.7 Å². The second-order valence-electron chi connectivity index (χ2n) is 5.63. The van der Waals surface area contributed by atoms with Crippen molar-refractivity contribution in [1.82, 2.24) is 15.5 Å². The van der Waals surface area contributed by atoms with E-state index in [2.05, 4.69) is 15.6 Å². The highest BCUT2D eigenvalue weighted by atomic mass is 16.2. The maximum Gasteiger partial charge on any atom is 0.261 e. The Hall–Kier alpha value is -2.37. The van der Waals surface area contributed by atoms with Gasteiger partial charge in [0.2, 0.25) is 0 Å². The van der Waals surface area contributed by atoms with Gasteiger partial charge in [-0.15, -0.1) is 0 Å². The third-order valence-corrected chi connectivity index (χ3v) is 3.98. The van der Waals surface area contributed by atoms with Crippen LogP contribution in [0.4, 0.5) is 0 Å². The minimum absolute atomic E-state index is 0.219. The number of imide groups is 1. The van der Waals surface area contributed by atoms with Crippen LogP contribution in [-0.2, 0) is 0 Å². The van der Waals surface area contributed by atoms with Crippen LogP contribution in [-0.4, -0.2) is 49.4 Å². The van der Waals surface area contributed by atoms with Gasteiger partial charge >= 0.3 is 0 Å². The van der Waals surface area contributed by atoms with Gasteiger partial charge in [0.25, 0.3) is 11.8 Å². The van der Waals surface area contributed by atoms with E-state index in [0.717, 1.165) is 12.5 Å². The summed E-state index contributed by atoms with van der Waals surface area (Å²) in [5.41, 5.74) is 0.979. The van der Waals surface area contributed by atoms with Crippen molar-refractivity contribution in [3.63, 3.8) is 0 Å². The molecule has 1 aromatic carbocycles. The largest absolute Gasteiger partial charge is 0.356 e. The summed E-state index contributed by atoms with van der Waals surface area (Å²) >= 11 is 0. The lowest BCUT2D eigenvalue weighted by Crippen LogP contribution is -2.43. The molecular formula is C16H20N4O2. The van der Waals surface area contributed by atoms with Gasteiger partial charge in [0.05, 0.1) is 11.1 Å². The van der Waals surface area contributed by atoms with Gasteiger partial charge in [0, 0.05) is 26.7 Å². The predicted octanol–water partition coefficient (Wildman–Crippen LogP) is 0.858. The summed E-state index contributed by atoms with van der Waals surface area (Å²) in [6, 6.07) is 6.93. The van der Waals surface area contributed by atoms with E-state index in [1.54, 1.807) is 31.3 Å². The average molecular weight is 300 g/mol. The lowest BCUT2D eigenvalue weighted by molar-refractivity contribution is 0.0657. The van der Waals surface area contributed by atoms with Gasteiger partial charge in [-0.05, 0) is 30.9 Å². The highest BCUT2D eigenvalue weighted by Gasteiger charge is 2.34. The van der Waals surface area contributed by atoms with Crippen molar-refractivity contribution >= 4 is 17.8 Å². The van der Waals surface area contributed by atoms with Gasteiger partial charge in [0.15, 0.2) is 5.96 Å². The summed E-state index contributed by atoms with van der Waals surface area (Å²) in [6.07, 6.45) is 2.55. The summed E-state index contributed by atoms with van der Waals surface area (Å²) in [6.45, 7) is 1.74. The number of aliphatic imine (C=N–C) groups is 1. The van der Waals surface area contributed by atoms with E-state index in [-0.39, 0.29) is 11.8 Å². The highest BCUT2D eigenvalue weighted by molar-refractivity contribution is 6.21. The van der Waals surface area contributed by atoms with Gasteiger partial charge in [-0.2, -0.15) is 0 Å². The fourth-order valence-electron chi connectivity index (χ4n) is 2.51. The Morgan fingerprint density at radius 1 is 1.18 bits per heavy atom. The number of fused-ring (bicyclic) bond motifs is 1. The number of benzene rings is 1. The molecule has 1 heterocycles. The highest BCUT2D eigenvalue weighted by Crippen LogP contribution is 2.27. The Morgan fingerprint density at radius 2 is 1.82 bits per heavy atom. The molecule has 0 spiro atoms. The summed E-state index contributed by atoms with van der Waals surface area (Å²) < 4.78 is 0. The number of nitrogens with one attached hydrogen (secondary N) is 2. The molecule has 2 N–H and O–H groups in total. The van der Waals surface area contributed by atoms with E-state index >= 15 is 0 Å². The van der Waals surface area contributed by atoms with E-state index in [4.69, 9.17) is 0 Å². The second kappa shape index (κ2) is 6.17. The van der Waals surface area contributed by atoms with Crippen LogP contribution < -0.4 is 10.6 Å². The first kappa shape index (κ1) is 14.6. The van der Waals surface area contributed by atoms with Crippen LogP contribution in [0.1, 0.15) is 33.6 Å². The molecule has 1 aliphatic carbocycles. The van der Waals surface area contributed by atoms with Crippen molar-refractivity contribution in [2.24, 2.45) is 10.9 Å². The Morgan fingerprint density at radius 3 is 2.36 bits per heavy atom. The summed E-state index contributed by atoms with van der Waals surface area (Å²) in [5.74, 6) is 1.03. The Kier molecular flexibility index (Phi) is 4.09. The Balaban J connectivity index is 1.51. The molecule has 1 aliphatic heterocycles. The maximum atomic E-state index is 12.2. The maximum absolute atomic E-state index is 12.2. The normalized spacial score (nSPS) is 17.7. The SMILES string of the molecule is CN=C(NCCN1C(=O)c2ccccc2C1=O)NCC1CC1. The van der Waals surface area contributed by atoms with Crippen LogP contribution >= 0.6 is 0 Å². The first-order valence-corrected chi connectivity index (χ1v) is 7.60. The predicted molar refractivity (Wildman–Crippen MR) is 83.9 cm³/mol. The number of guanidine groups is 1. The molecule has 0 bridgehead atoms. The Labute approximate surface area is 129 Å². The van der Waals surface area contributed by atoms with Crippen LogP contribution in [0.15, 0.2) is 29.3 Å². The summed E-state index contributed by atoms with van der Waals surface area (Å²) in [7, 11) is 1.71.